The summed E-state index contributed by atoms with van der Waals surface area (Å²) < 4.78 is 18.5. The van der Waals surface area contributed by atoms with Crippen LogP contribution in [0.3, 0.4) is 0 Å². The summed E-state index contributed by atoms with van der Waals surface area (Å²) in [5.74, 6) is 0.0811. The molecule has 0 atom stereocenters. The number of rotatable bonds is 6. The zero-order valence-corrected chi connectivity index (χ0v) is 10.3. The first-order valence-electron chi connectivity index (χ1n) is 5.09. The van der Waals surface area contributed by atoms with Crippen molar-refractivity contribution < 1.29 is 14.3 Å². The van der Waals surface area contributed by atoms with Crippen LogP contribution < -0.4 is 5.73 Å². The van der Waals surface area contributed by atoms with E-state index < -0.39 is 5.82 Å². The summed E-state index contributed by atoms with van der Waals surface area (Å²) in [6.07, 6.45) is 0.854. The van der Waals surface area contributed by atoms with Gasteiger partial charge in [-0.3, -0.25) is 0 Å². The van der Waals surface area contributed by atoms with Gasteiger partial charge in [-0.05, 0) is 18.6 Å². The van der Waals surface area contributed by atoms with E-state index in [1.54, 1.807) is 19.2 Å². The lowest BCUT2D eigenvalue weighted by Crippen LogP contribution is -2.16. The summed E-state index contributed by atoms with van der Waals surface area (Å²) in [5, 5.41) is 11.5. The Balaban J connectivity index is 2.80. The van der Waals surface area contributed by atoms with E-state index in [1.165, 1.54) is 17.8 Å². The van der Waals surface area contributed by atoms with Crippen LogP contribution in [0.1, 0.15) is 12.0 Å². The number of nitrogens with two attached hydrogens (primary N) is 1. The molecule has 0 aliphatic heterocycles. The van der Waals surface area contributed by atoms with Crippen LogP contribution in [0.4, 0.5) is 4.39 Å². The minimum Gasteiger partial charge on any atom is -0.409 e. The molecule has 0 aliphatic carbocycles. The molecule has 0 aliphatic rings. The van der Waals surface area contributed by atoms with Gasteiger partial charge >= 0.3 is 0 Å². The number of hydrogen-bond donors (Lipinski definition) is 2. The highest BCUT2D eigenvalue weighted by Gasteiger charge is 2.12. The first kappa shape index (κ1) is 13.8. The Labute approximate surface area is 104 Å². The molecule has 0 amide bonds. The highest BCUT2D eigenvalue weighted by molar-refractivity contribution is 7.99. The number of methoxy groups -OCH3 is 1. The summed E-state index contributed by atoms with van der Waals surface area (Å²) in [6, 6.07) is 4.63. The molecular formula is C11H15FN2O2S. The highest BCUT2D eigenvalue weighted by Crippen LogP contribution is 2.25. The van der Waals surface area contributed by atoms with E-state index in [2.05, 4.69) is 5.16 Å². The van der Waals surface area contributed by atoms with Crippen molar-refractivity contribution in [1.82, 2.24) is 0 Å². The number of ether oxygens (including phenoxy) is 1. The van der Waals surface area contributed by atoms with Crippen molar-refractivity contribution in [1.29, 1.82) is 0 Å². The van der Waals surface area contributed by atoms with Gasteiger partial charge in [0.15, 0.2) is 5.84 Å². The zero-order chi connectivity index (χ0) is 12.7. The van der Waals surface area contributed by atoms with Gasteiger partial charge in [0.2, 0.25) is 0 Å². The highest BCUT2D eigenvalue weighted by atomic mass is 32.2. The summed E-state index contributed by atoms with van der Waals surface area (Å²) in [7, 11) is 1.63. The molecule has 0 saturated carbocycles. The third kappa shape index (κ3) is 3.90. The summed E-state index contributed by atoms with van der Waals surface area (Å²) in [4.78, 5) is 0.663. The smallest absolute Gasteiger partial charge is 0.174 e. The molecular weight excluding hydrogens is 243 g/mol. The number of nitrogens with zero attached hydrogens (tertiary/aromatic N) is 1. The van der Waals surface area contributed by atoms with E-state index in [0.717, 1.165) is 12.2 Å². The predicted molar refractivity (Wildman–Crippen MR) is 66.1 cm³/mol. The van der Waals surface area contributed by atoms with Crippen molar-refractivity contribution in [2.24, 2.45) is 10.9 Å². The lowest BCUT2D eigenvalue weighted by atomic mass is 10.2. The number of oxime groups is 1. The van der Waals surface area contributed by atoms with Crippen LogP contribution in [0.2, 0.25) is 0 Å². The van der Waals surface area contributed by atoms with E-state index in [1.807, 2.05) is 0 Å². The van der Waals surface area contributed by atoms with Crippen LogP contribution in [0.15, 0.2) is 28.3 Å². The van der Waals surface area contributed by atoms with E-state index in [4.69, 9.17) is 15.7 Å². The van der Waals surface area contributed by atoms with Crippen LogP contribution in [0.25, 0.3) is 0 Å². The van der Waals surface area contributed by atoms with Gasteiger partial charge in [-0.2, -0.15) is 0 Å². The Bertz CT molecular complexity index is 399. The fourth-order valence-electron chi connectivity index (χ4n) is 1.31. The quantitative estimate of drug-likeness (QED) is 0.205. The third-order valence-corrected chi connectivity index (χ3v) is 3.23. The molecule has 94 valence electrons. The zero-order valence-electron chi connectivity index (χ0n) is 9.52. The van der Waals surface area contributed by atoms with Crippen molar-refractivity contribution in [3.63, 3.8) is 0 Å². The minimum atomic E-state index is -0.489. The largest absolute Gasteiger partial charge is 0.409 e. The normalized spacial score (nSPS) is 11.8. The molecule has 0 spiro atoms. The lowest BCUT2D eigenvalue weighted by Gasteiger charge is -2.08. The molecule has 0 radical (unpaired) electrons. The van der Waals surface area contributed by atoms with Gasteiger partial charge in [-0.25, -0.2) is 4.39 Å². The second kappa shape index (κ2) is 7.13. The molecule has 1 aromatic carbocycles. The Morgan fingerprint density at radius 1 is 1.59 bits per heavy atom. The van der Waals surface area contributed by atoms with Crippen LogP contribution in [-0.2, 0) is 4.74 Å². The van der Waals surface area contributed by atoms with Gasteiger partial charge in [0.1, 0.15) is 5.82 Å². The van der Waals surface area contributed by atoms with Crippen molar-refractivity contribution >= 4 is 17.6 Å². The molecule has 4 nitrogen and oxygen atoms in total. The Hall–Kier alpha value is -1.27. The maximum Gasteiger partial charge on any atom is 0.174 e. The van der Waals surface area contributed by atoms with Crippen LogP contribution >= 0.6 is 11.8 Å². The van der Waals surface area contributed by atoms with Crippen molar-refractivity contribution in [3.8, 4) is 0 Å². The van der Waals surface area contributed by atoms with E-state index in [9.17, 15) is 4.39 Å². The van der Waals surface area contributed by atoms with Crippen molar-refractivity contribution in [2.75, 3.05) is 19.5 Å². The molecule has 3 N–H and O–H groups in total. The number of thioether (sulfide) groups is 1. The first-order chi connectivity index (χ1) is 8.20. The maximum atomic E-state index is 13.6. The van der Waals surface area contributed by atoms with E-state index in [0.29, 0.717) is 11.5 Å². The third-order valence-electron chi connectivity index (χ3n) is 2.09. The number of halogens is 1. The summed E-state index contributed by atoms with van der Waals surface area (Å²) in [5.41, 5.74) is 5.60. The molecule has 6 heteroatoms. The molecule has 0 bridgehead atoms. The maximum absolute atomic E-state index is 13.6. The van der Waals surface area contributed by atoms with Gasteiger partial charge < -0.3 is 15.7 Å². The topological polar surface area (TPSA) is 67.8 Å². The van der Waals surface area contributed by atoms with Crippen molar-refractivity contribution in [3.05, 3.63) is 29.6 Å². The Morgan fingerprint density at radius 3 is 3.00 bits per heavy atom. The number of hydrogen-bond acceptors (Lipinski definition) is 4. The predicted octanol–water partition coefficient (Wildman–Crippen LogP) is 2.05. The first-order valence-corrected chi connectivity index (χ1v) is 6.07. The van der Waals surface area contributed by atoms with Gasteiger partial charge in [0.25, 0.3) is 0 Å². The van der Waals surface area contributed by atoms with Crippen molar-refractivity contribution in [2.45, 2.75) is 11.3 Å². The molecule has 0 unspecified atom stereocenters. The fraction of sp³-hybridized carbons (Fsp3) is 0.364. The summed E-state index contributed by atoms with van der Waals surface area (Å²) >= 11 is 1.45. The van der Waals surface area contributed by atoms with Crippen LogP contribution in [0, 0.1) is 5.82 Å². The second-order valence-corrected chi connectivity index (χ2v) is 4.43. The standard InChI is InChI=1S/C11H15FN2O2S/c1-16-6-3-7-17-9-5-2-4-8(12)10(9)11(13)14-15/h2,4-5,15H,3,6-7H2,1H3,(H2,13,14). The second-order valence-electron chi connectivity index (χ2n) is 3.29. The SMILES string of the molecule is COCCCSc1cccc(F)c1C(N)=NO. The van der Waals surface area contributed by atoms with Crippen LogP contribution in [0.5, 0.6) is 0 Å². The average Bonchev–Trinajstić information content (AvgIpc) is 2.34. The molecule has 0 fully saturated rings. The molecule has 1 rings (SSSR count). The molecule has 0 saturated heterocycles. The molecule has 0 heterocycles. The number of amidine groups is 1. The molecule has 1 aromatic rings. The van der Waals surface area contributed by atoms with Crippen LogP contribution in [-0.4, -0.2) is 30.5 Å². The van der Waals surface area contributed by atoms with Gasteiger partial charge in [-0.1, -0.05) is 11.2 Å². The lowest BCUT2D eigenvalue weighted by molar-refractivity contribution is 0.200. The molecule has 17 heavy (non-hydrogen) atoms. The fourth-order valence-corrected chi connectivity index (χ4v) is 2.31. The average molecular weight is 258 g/mol. The van der Waals surface area contributed by atoms with E-state index >= 15 is 0 Å². The van der Waals surface area contributed by atoms with Gasteiger partial charge in [0.05, 0.1) is 5.56 Å². The van der Waals surface area contributed by atoms with Gasteiger partial charge in [0, 0.05) is 24.4 Å². The summed E-state index contributed by atoms with van der Waals surface area (Å²) in [6.45, 7) is 0.654. The molecule has 0 aromatic heterocycles. The van der Waals surface area contributed by atoms with E-state index in [-0.39, 0.29) is 11.4 Å². The Morgan fingerprint density at radius 2 is 2.35 bits per heavy atom. The Kier molecular flexibility index (Phi) is 5.79. The monoisotopic (exact) mass is 258 g/mol. The number of benzene rings is 1. The minimum absolute atomic E-state index is 0.150. The van der Waals surface area contributed by atoms with Gasteiger partial charge in [-0.15, -0.1) is 11.8 Å².